The van der Waals surface area contributed by atoms with Crippen molar-refractivity contribution in [3.8, 4) is 5.75 Å². The fraction of sp³-hybridized carbons (Fsp3) is 0.529. The molecule has 0 aliphatic carbocycles. The maximum absolute atomic E-state index is 14.4. The number of amides is 1. The highest BCUT2D eigenvalue weighted by atomic mass is 19.4. The molecular formula is C17H19F7N2O6. The first kappa shape index (κ1) is 27.4. The van der Waals surface area contributed by atoms with E-state index in [4.69, 9.17) is 21.3 Å². The molecule has 32 heavy (non-hydrogen) atoms. The average Bonchev–Trinajstić information content (AvgIpc) is 2.61. The molecule has 15 heteroatoms. The largest absolute Gasteiger partial charge is 0.505 e. The molecule has 0 saturated heterocycles. The smallest absolute Gasteiger partial charge is 0.430 e. The zero-order chi connectivity index (χ0) is 25.2. The van der Waals surface area contributed by atoms with E-state index < -0.39 is 89.7 Å². The minimum Gasteiger partial charge on any atom is -0.505 e. The Labute approximate surface area is 175 Å². The highest BCUT2D eigenvalue weighted by Gasteiger charge is 2.73. The zero-order valence-corrected chi connectivity index (χ0v) is 16.2. The minimum absolute atomic E-state index is 0.408. The highest BCUT2D eigenvalue weighted by Crippen LogP contribution is 2.53. The Balaban J connectivity index is 3.79. The van der Waals surface area contributed by atoms with Gasteiger partial charge >= 0.3 is 18.3 Å². The molecule has 7 N–H and O–H groups in total. The van der Waals surface area contributed by atoms with Crippen molar-refractivity contribution < 1.29 is 60.4 Å². The summed E-state index contributed by atoms with van der Waals surface area (Å²) in [5.74, 6) is -6.64. The summed E-state index contributed by atoms with van der Waals surface area (Å²) in [6, 6.07) is -1.35. The van der Waals surface area contributed by atoms with E-state index in [9.17, 15) is 50.5 Å². The van der Waals surface area contributed by atoms with Crippen LogP contribution in [-0.4, -0.2) is 52.2 Å². The van der Waals surface area contributed by atoms with E-state index in [1.165, 1.54) is 0 Å². The van der Waals surface area contributed by atoms with Crippen LogP contribution in [0.4, 0.5) is 30.7 Å². The van der Waals surface area contributed by atoms with Gasteiger partial charge in [0.1, 0.15) is 6.04 Å². The molecule has 1 aromatic carbocycles. The van der Waals surface area contributed by atoms with Crippen LogP contribution in [0, 0.1) is 12.7 Å². The molecule has 1 rings (SSSR count). The lowest BCUT2D eigenvalue weighted by molar-refractivity contribution is -0.377. The fourth-order valence-corrected chi connectivity index (χ4v) is 2.88. The molecule has 8 nitrogen and oxygen atoms in total. The number of carboxylic acid groups (broad SMARTS) is 1. The van der Waals surface area contributed by atoms with Gasteiger partial charge < -0.3 is 31.5 Å². The van der Waals surface area contributed by atoms with Gasteiger partial charge in [0.05, 0.1) is 12.7 Å². The Morgan fingerprint density at radius 3 is 2.06 bits per heavy atom. The van der Waals surface area contributed by atoms with Crippen LogP contribution in [0.5, 0.6) is 5.75 Å². The molecule has 0 bridgehead atoms. The number of phenols is 1. The molecule has 2 unspecified atom stereocenters. The molecule has 0 aliphatic heterocycles. The average molecular weight is 480 g/mol. The Morgan fingerprint density at radius 2 is 1.66 bits per heavy atom. The summed E-state index contributed by atoms with van der Waals surface area (Å²) >= 11 is 0. The molecule has 0 aromatic heterocycles. The number of phenolic OH excluding ortho intramolecular Hbond substituents is 1. The second-order valence-corrected chi connectivity index (χ2v) is 6.76. The molecule has 2 atom stereocenters. The summed E-state index contributed by atoms with van der Waals surface area (Å²) in [4.78, 5) is 21.9. The van der Waals surface area contributed by atoms with E-state index in [2.05, 4.69) is 0 Å². The van der Waals surface area contributed by atoms with Crippen LogP contribution in [0.15, 0.2) is 6.07 Å². The number of alkyl halides is 6. The number of halogens is 7. The van der Waals surface area contributed by atoms with Gasteiger partial charge in [-0.05, 0) is 24.1 Å². The van der Waals surface area contributed by atoms with Gasteiger partial charge in [-0.1, -0.05) is 0 Å². The number of nitrogens with two attached hydrogens (primary N) is 2. The lowest BCUT2D eigenvalue weighted by Crippen LogP contribution is -2.55. The number of carbonyl (C=O) groups is 2. The second-order valence-electron chi connectivity index (χ2n) is 6.76. The van der Waals surface area contributed by atoms with E-state index in [0.717, 1.165) is 0 Å². The van der Waals surface area contributed by atoms with Crippen LogP contribution in [0.3, 0.4) is 0 Å². The van der Waals surface area contributed by atoms with Crippen LogP contribution in [-0.2, 0) is 19.9 Å². The monoisotopic (exact) mass is 480 g/mol. The first-order valence-corrected chi connectivity index (χ1v) is 8.62. The summed E-state index contributed by atoms with van der Waals surface area (Å²) in [5, 5.41) is 28.3. The third-order valence-corrected chi connectivity index (χ3v) is 4.53. The van der Waals surface area contributed by atoms with Crippen LogP contribution in [0.25, 0.3) is 0 Å². The summed E-state index contributed by atoms with van der Waals surface area (Å²) in [5.41, 5.74) is 0.312. The maximum atomic E-state index is 14.4. The number of aliphatic hydroxyl groups is 1. The number of primary amides is 1. The Morgan fingerprint density at radius 1 is 1.16 bits per heavy atom. The van der Waals surface area contributed by atoms with Gasteiger partial charge in [0.15, 0.2) is 11.6 Å². The number of aromatic hydroxyl groups is 1. The van der Waals surface area contributed by atoms with Gasteiger partial charge in [0, 0.05) is 18.4 Å². The lowest BCUT2D eigenvalue weighted by Gasteiger charge is -2.35. The standard InChI is InChI=1S/C17H19F7N2O6/c1-6-7(10(5-8(25)14(29)30)32-3-2-11(26)28)4-9(27)13(18)12(6)15(31,16(19,20)21)17(22,23)24/h4,8,10,27,31H,2-3,5,25H2,1H3,(H2,26,28)(H,29,30). The maximum Gasteiger partial charge on any atom is 0.430 e. The van der Waals surface area contributed by atoms with Gasteiger partial charge in [-0.25, -0.2) is 4.39 Å². The third kappa shape index (κ3) is 5.39. The number of aliphatic carboxylic acids is 1. The molecule has 0 aliphatic rings. The van der Waals surface area contributed by atoms with Crippen molar-refractivity contribution in [2.75, 3.05) is 6.61 Å². The molecule has 1 amide bonds. The lowest BCUT2D eigenvalue weighted by atomic mass is 9.84. The predicted octanol–water partition coefficient (Wildman–Crippen LogP) is 1.89. The van der Waals surface area contributed by atoms with Crippen molar-refractivity contribution in [3.05, 3.63) is 28.6 Å². The summed E-state index contributed by atoms with van der Waals surface area (Å²) in [7, 11) is 0. The summed E-state index contributed by atoms with van der Waals surface area (Å²) in [6.45, 7) is 0.00837. The molecule has 0 fully saturated rings. The number of hydrogen-bond acceptors (Lipinski definition) is 6. The minimum atomic E-state index is -6.47. The van der Waals surface area contributed by atoms with Crippen molar-refractivity contribution in [2.45, 2.75) is 49.9 Å². The topological polar surface area (TPSA) is 156 Å². The van der Waals surface area contributed by atoms with Gasteiger partial charge in [-0.2, -0.15) is 26.3 Å². The van der Waals surface area contributed by atoms with E-state index in [-0.39, 0.29) is 0 Å². The first-order valence-electron chi connectivity index (χ1n) is 8.62. The molecule has 1 aromatic rings. The second kappa shape index (κ2) is 9.46. The van der Waals surface area contributed by atoms with Gasteiger partial charge in [-0.3, -0.25) is 9.59 Å². The normalized spacial score (nSPS) is 14.8. The van der Waals surface area contributed by atoms with Crippen molar-refractivity contribution in [1.29, 1.82) is 0 Å². The van der Waals surface area contributed by atoms with E-state index in [1.807, 2.05) is 0 Å². The number of hydrogen-bond donors (Lipinski definition) is 5. The van der Waals surface area contributed by atoms with Crippen molar-refractivity contribution in [3.63, 3.8) is 0 Å². The predicted molar refractivity (Wildman–Crippen MR) is 91.5 cm³/mol. The number of benzene rings is 1. The zero-order valence-electron chi connectivity index (χ0n) is 16.2. The molecule has 182 valence electrons. The summed E-state index contributed by atoms with van der Waals surface area (Å²) in [6.07, 6.45) is -15.9. The molecule has 0 heterocycles. The van der Waals surface area contributed by atoms with E-state index >= 15 is 0 Å². The number of carbonyl (C=O) groups excluding carboxylic acids is 1. The van der Waals surface area contributed by atoms with Gasteiger partial charge in [0.2, 0.25) is 5.91 Å². The molecule has 0 radical (unpaired) electrons. The first-order chi connectivity index (χ1) is 14.4. The fourth-order valence-electron chi connectivity index (χ4n) is 2.88. The van der Waals surface area contributed by atoms with Crippen LogP contribution in [0.2, 0.25) is 0 Å². The SMILES string of the molecule is Cc1c(C(CC(N)C(=O)O)OCCC(N)=O)cc(O)c(F)c1C(O)(C(F)(F)F)C(F)(F)F. The van der Waals surface area contributed by atoms with E-state index in [1.54, 1.807) is 0 Å². The number of carboxylic acids is 1. The Bertz CT molecular complexity index is 858. The third-order valence-electron chi connectivity index (χ3n) is 4.53. The van der Waals surface area contributed by atoms with Crippen molar-refractivity contribution in [2.24, 2.45) is 11.5 Å². The number of rotatable bonds is 9. The van der Waals surface area contributed by atoms with Gasteiger partial charge in [-0.15, -0.1) is 0 Å². The van der Waals surface area contributed by atoms with Crippen molar-refractivity contribution >= 4 is 11.9 Å². The Hall–Kier alpha value is -2.65. The molecule has 0 saturated carbocycles. The highest BCUT2D eigenvalue weighted by molar-refractivity contribution is 5.74. The number of ether oxygens (including phenoxy) is 1. The van der Waals surface area contributed by atoms with Crippen molar-refractivity contribution in [1.82, 2.24) is 0 Å². The van der Waals surface area contributed by atoms with Gasteiger partial charge in [0.25, 0.3) is 5.60 Å². The Kier molecular flexibility index (Phi) is 8.09. The van der Waals surface area contributed by atoms with E-state index in [0.29, 0.717) is 13.0 Å². The summed E-state index contributed by atoms with van der Waals surface area (Å²) < 4.78 is 99.4. The quantitative estimate of drug-likeness (QED) is 0.338. The molecule has 0 spiro atoms. The van der Waals surface area contributed by atoms with Crippen LogP contribution >= 0.6 is 0 Å². The van der Waals surface area contributed by atoms with Crippen LogP contribution < -0.4 is 11.5 Å². The molecular weight excluding hydrogens is 461 g/mol. The van der Waals surface area contributed by atoms with Crippen LogP contribution in [0.1, 0.15) is 35.6 Å².